The summed E-state index contributed by atoms with van der Waals surface area (Å²) in [5.41, 5.74) is 0.691. The van der Waals surface area contributed by atoms with Crippen molar-refractivity contribution in [2.45, 2.75) is 25.0 Å². The van der Waals surface area contributed by atoms with E-state index in [1.807, 2.05) is 0 Å². The third-order valence-electron chi connectivity index (χ3n) is 3.85. The Morgan fingerprint density at radius 3 is 2.95 bits per heavy atom. The molecule has 106 valence electrons. The lowest BCUT2D eigenvalue weighted by Gasteiger charge is -2.39. The van der Waals surface area contributed by atoms with E-state index in [0.717, 1.165) is 0 Å². The topological polar surface area (TPSA) is 102 Å². The number of aromatic amines is 1. The summed E-state index contributed by atoms with van der Waals surface area (Å²) in [5, 5.41) is 30.2. The zero-order valence-corrected chi connectivity index (χ0v) is 11.1. The molecule has 2 atom stereocenters. The summed E-state index contributed by atoms with van der Waals surface area (Å²) in [4.78, 5) is 13.9. The minimum Gasteiger partial charge on any atom is -0.388 e. The van der Waals surface area contributed by atoms with Gasteiger partial charge in [0.25, 0.3) is 5.91 Å². The molecule has 1 amide bonds. The molecule has 7 nitrogen and oxygen atoms in total. The number of β-amino-alcohol motifs (C(OH)–C–C–N with tert-alkyl or cyclic N) is 1. The molecule has 1 aromatic heterocycles. The van der Waals surface area contributed by atoms with Gasteiger partial charge in [-0.3, -0.25) is 4.79 Å². The average Bonchev–Trinajstić information content (AvgIpc) is 2.88. The van der Waals surface area contributed by atoms with Gasteiger partial charge in [0, 0.05) is 18.7 Å². The van der Waals surface area contributed by atoms with E-state index in [4.69, 9.17) is 0 Å². The SMILES string of the molecule is C[C@@]1(O)CCN(C(=O)c2ccc3n[nH]nc3c2)C[C@H]1O. The fraction of sp³-hybridized carbons (Fsp3) is 0.462. The Bertz CT molecular complexity index is 652. The first-order chi connectivity index (χ1) is 9.47. The van der Waals surface area contributed by atoms with Crippen LogP contribution in [0.25, 0.3) is 11.0 Å². The van der Waals surface area contributed by atoms with Crippen LogP contribution >= 0.6 is 0 Å². The van der Waals surface area contributed by atoms with Crippen LogP contribution in [0.4, 0.5) is 0 Å². The number of hydrogen-bond donors (Lipinski definition) is 3. The van der Waals surface area contributed by atoms with Crippen molar-refractivity contribution in [3.63, 3.8) is 0 Å². The molecule has 1 aromatic carbocycles. The minimum atomic E-state index is -1.13. The highest BCUT2D eigenvalue weighted by Gasteiger charge is 2.38. The van der Waals surface area contributed by atoms with Crippen molar-refractivity contribution >= 4 is 16.9 Å². The number of carbonyl (C=O) groups excluding carboxylic acids is 1. The number of H-pyrrole nitrogens is 1. The molecule has 1 saturated heterocycles. The van der Waals surface area contributed by atoms with Gasteiger partial charge in [-0.25, -0.2) is 0 Å². The number of nitrogens with one attached hydrogen (secondary N) is 1. The predicted octanol–water partition coefficient (Wildman–Crippen LogP) is -0.0843. The molecule has 20 heavy (non-hydrogen) atoms. The predicted molar refractivity (Wildman–Crippen MR) is 71.0 cm³/mol. The Morgan fingerprint density at radius 1 is 1.45 bits per heavy atom. The summed E-state index contributed by atoms with van der Waals surface area (Å²) >= 11 is 0. The molecule has 0 spiro atoms. The maximum Gasteiger partial charge on any atom is 0.254 e. The highest BCUT2D eigenvalue weighted by molar-refractivity contribution is 5.97. The van der Waals surface area contributed by atoms with E-state index in [-0.39, 0.29) is 12.5 Å². The van der Waals surface area contributed by atoms with E-state index < -0.39 is 11.7 Å². The highest BCUT2D eigenvalue weighted by Crippen LogP contribution is 2.23. The van der Waals surface area contributed by atoms with Crippen LogP contribution in [0.1, 0.15) is 23.7 Å². The van der Waals surface area contributed by atoms with Gasteiger partial charge in [0.05, 0.1) is 11.7 Å². The van der Waals surface area contributed by atoms with Crippen LogP contribution in [0.15, 0.2) is 18.2 Å². The van der Waals surface area contributed by atoms with E-state index in [1.54, 1.807) is 30.0 Å². The summed E-state index contributed by atoms with van der Waals surface area (Å²) in [5.74, 6) is -0.176. The Labute approximate surface area is 115 Å². The number of hydrogen-bond acceptors (Lipinski definition) is 5. The van der Waals surface area contributed by atoms with Gasteiger partial charge in [0.15, 0.2) is 0 Å². The van der Waals surface area contributed by atoms with Crippen molar-refractivity contribution in [2.24, 2.45) is 0 Å². The van der Waals surface area contributed by atoms with Gasteiger partial charge in [-0.2, -0.15) is 15.4 Å². The maximum absolute atomic E-state index is 12.4. The third-order valence-corrected chi connectivity index (χ3v) is 3.85. The van der Waals surface area contributed by atoms with Crippen LogP contribution < -0.4 is 0 Å². The maximum atomic E-state index is 12.4. The molecular formula is C13H16N4O3. The van der Waals surface area contributed by atoms with Gasteiger partial charge in [0.2, 0.25) is 0 Å². The van der Waals surface area contributed by atoms with Crippen LogP contribution in [-0.2, 0) is 0 Å². The van der Waals surface area contributed by atoms with Crippen molar-refractivity contribution < 1.29 is 15.0 Å². The summed E-state index contributed by atoms with van der Waals surface area (Å²) in [6.07, 6.45) is -0.581. The molecule has 0 unspecified atom stereocenters. The van der Waals surface area contributed by atoms with Crippen LogP contribution in [0.2, 0.25) is 0 Å². The largest absolute Gasteiger partial charge is 0.388 e. The number of fused-ring (bicyclic) bond motifs is 1. The number of nitrogens with zero attached hydrogens (tertiary/aromatic N) is 3. The molecule has 0 saturated carbocycles. The van der Waals surface area contributed by atoms with Crippen LogP contribution in [0.3, 0.4) is 0 Å². The number of carbonyl (C=O) groups is 1. The molecule has 7 heteroatoms. The fourth-order valence-corrected chi connectivity index (χ4v) is 2.36. The number of rotatable bonds is 1. The van der Waals surface area contributed by atoms with Crippen LogP contribution in [0.5, 0.6) is 0 Å². The first-order valence-corrected chi connectivity index (χ1v) is 6.47. The zero-order chi connectivity index (χ0) is 14.3. The lowest BCUT2D eigenvalue weighted by Crippen LogP contribution is -2.55. The second-order valence-corrected chi connectivity index (χ2v) is 5.40. The van der Waals surface area contributed by atoms with Crippen molar-refractivity contribution in [2.75, 3.05) is 13.1 Å². The normalized spacial score (nSPS) is 26.9. The number of amides is 1. The van der Waals surface area contributed by atoms with Gasteiger partial charge in [-0.15, -0.1) is 0 Å². The molecule has 2 heterocycles. The van der Waals surface area contributed by atoms with Gasteiger partial charge in [-0.1, -0.05) is 0 Å². The monoisotopic (exact) mass is 276 g/mol. The average molecular weight is 276 g/mol. The van der Waals surface area contributed by atoms with E-state index in [2.05, 4.69) is 15.4 Å². The number of aliphatic hydroxyl groups excluding tert-OH is 1. The number of aromatic nitrogens is 3. The molecule has 0 radical (unpaired) electrons. The second kappa shape index (κ2) is 4.53. The lowest BCUT2D eigenvalue weighted by atomic mass is 9.90. The number of likely N-dealkylation sites (tertiary alicyclic amines) is 1. The third kappa shape index (κ3) is 2.14. The smallest absolute Gasteiger partial charge is 0.254 e. The molecule has 3 rings (SSSR count). The van der Waals surface area contributed by atoms with Crippen LogP contribution in [-0.4, -0.2) is 61.2 Å². The van der Waals surface area contributed by atoms with Crippen molar-refractivity contribution in [3.05, 3.63) is 23.8 Å². The van der Waals surface area contributed by atoms with Gasteiger partial charge in [-0.05, 0) is 31.5 Å². The first kappa shape index (κ1) is 13.0. The second-order valence-electron chi connectivity index (χ2n) is 5.40. The van der Waals surface area contributed by atoms with Gasteiger partial charge in [0.1, 0.15) is 11.0 Å². The Morgan fingerprint density at radius 2 is 2.20 bits per heavy atom. The zero-order valence-electron chi connectivity index (χ0n) is 11.1. The molecular weight excluding hydrogens is 260 g/mol. The van der Waals surface area contributed by atoms with E-state index in [1.165, 1.54) is 0 Å². The Kier molecular flexibility index (Phi) is 2.95. The standard InChI is InChI=1S/C13H16N4O3/c1-13(20)4-5-17(7-11(13)18)12(19)8-2-3-9-10(6-8)15-16-14-9/h2-3,6,11,18,20H,4-5,7H2,1H3,(H,14,15,16)/t11-,13-/m1/s1. The summed E-state index contributed by atoms with van der Waals surface area (Å²) in [6.45, 7) is 2.13. The summed E-state index contributed by atoms with van der Waals surface area (Å²) in [6, 6.07) is 5.08. The molecule has 3 N–H and O–H groups in total. The quantitative estimate of drug-likeness (QED) is 0.676. The fourth-order valence-electron chi connectivity index (χ4n) is 2.36. The number of benzene rings is 1. The van der Waals surface area contributed by atoms with Crippen LogP contribution in [0, 0.1) is 0 Å². The number of piperidine rings is 1. The highest BCUT2D eigenvalue weighted by atomic mass is 16.3. The van der Waals surface area contributed by atoms with Crippen molar-refractivity contribution in [3.8, 4) is 0 Å². The van der Waals surface area contributed by atoms with Gasteiger partial charge < -0.3 is 15.1 Å². The molecule has 1 aliphatic rings. The van der Waals surface area contributed by atoms with Gasteiger partial charge >= 0.3 is 0 Å². The van der Waals surface area contributed by atoms with E-state index in [9.17, 15) is 15.0 Å². The Balaban J connectivity index is 1.82. The summed E-state index contributed by atoms with van der Waals surface area (Å²) < 4.78 is 0. The molecule has 0 aliphatic carbocycles. The minimum absolute atomic E-state index is 0.128. The Hall–Kier alpha value is -1.99. The molecule has 1 fully saturated rings. The molecule has 0 bridgehead atoms. The number of aliphatic hydroxyl groups is 2. The van der Waals surface area contributed by atoms with E-state index >= 15 is 0 Å². The van der Waals surface area contributed by atoms with Crippen molar-refractivity contribution in [1.82, 2.24) is 20.3 Å². The lowest BCUT2D eigenvalue weighted by molar-refractivity contribution is -0.0999. The van der Waals surface area contributed by atoms with E-state index in [0.29, 0.717) is 29.6 Å². The van der Waals surface area contributed by atoms with Crippen molar-refractivity contribution in [1.29, 1.82) is 0 Å². The molecule has 2 aromatic rings. The first-order valence-electron chi connectivity index (χ1n) is 6.47. The molecule has 1 aliphatic heterocycles. The summed E-state index contributed by atoms with van der Waals surface area (Å²) in [7, 11) is 0.